The summed E-state index contributed by atoms with van der Waals surface area (Å²) >= 11 is 0. The van der Waals surface area contributed by atoms with Gasteiger partial charge in [0.25, 0.3) is 20.2 Å². The SMILES string of the molecule is CC1(C)OC[C@@H]([C@@](OS(C)(=O)=O)([C@@H]2OC(C)(C)O[C@@H]2C(OS(C)(=O)=O)S(C)(=O)=O)S(C)(=O)=O)O1. The van der Waals surface area contributed by atoms with E-state index in [2.05, 4.69) is 0 Å². The maximum Gasteiger partial charge on any atom is 0.266 e. The van der Waals surface area contributed by atoms with Crippen molar-refractivity contribution >= 4 is 39.9 Å². The summed E-state index contributed by atoms with van der Waals surface area (Å²) in [4.78, 5) is -2.96. The van der Waals surface area contributed by atoms with Crippen molar-refractivity contribution in [2.45, 2.75) is 68.0 Å². The van der Waals surface area contributed by atoms with Crippen molar-refractivity contribution < 1.29 is 61.0 Å². The van der Waals surface area contributed by atoms with E-state index in [1.54, 1.807) is 0 Å². The van der Waals surface area contributed by atoms with Gasteiger partial charge < -0.3 is 18.9 Å². The lowest BCUT2D eigenvalue weighted by Gasteiger charge is -2.41. The van der Waals surface area contributed by atoms with Gasteiger partial charge in [-0.3, -0.25) is 0 Å². The molecule has 0 N–H and O–H groups in total. The van der Waals surface area contributed by atoms with Crippen molar-refractivity contribution in [3.05, 3.63) is 0 Å². The first-order valence-corrected chi connectivity index (χ1v) is 17.1. The van der Waals surface area contributed by atoms with E-state index in [9.17, 15) is 33.7 Å². The minimum atomic E-state index is -4.69. The summed E-state index contributed by atoms with van der Waals surface area (Å²) in [6, 6.07) is 0. The third-order valence-electron chi connectivity index (χ3n) is 4.80. The molecule has 2 saturated heterocycles. The summed E-state index contributed by atoms with van der Waals surface area (Å²) in [6.07, 6.45) is -3.33. The fraction of sp³-hybridized carbons (Fsp3) is 1.00. The molecule has 2 heterocycles. The molecule has 0 saturated carbocycles. The highest BCUT2D eigenvalue weighted by Crippen LogP contribution is 2.46. The van der Waals surface area contributed by atoms with E-state index < -0.39 is 86.8 Å². The van der Waals surface area contributed by atoms with Crippen LogP contribution in [0.4, 0.5) is 0 Å². The minimum Gasteiger partial charge on any atom is -0.348 e. The lowest BCUT2D eigenvalue weighted by Crippen LogP contribution is -2.66. The van der Waals surface area contributed by atoms with Crippen LogP contribution >= 0.6 is 0 Å². The Balaban J connectivity index is 2.88. The molecule has 0 spiro atoms. The van der Waals surface area contributed by atoms with Gasteiger partial charge in [-0.25, -0.2) is 25.2 Å². The molecule has 1 unspecified atom stereocenters. The van der Waals surface area contributed by atoms with Crippen LogP contribution < -0.4 is 0 Å². The van der Waals surface area contributed by atoms with Crippen LogP contribution in [0.2, 0.25) is 0 Å². The molecule has 5 atom stereocenters. The van der Waals surface area contributed by atoms with E-state index in [4.69, 9.17) is 27.3 Å². The van der Waals surface area contributed by atoms with Crippen LogP contribution in [0.3, 0.4) is 0 Å². The molecular formula is C16H30O14S4. The highest BCUT2D eigenvalue weighted by atomic mass is 32.2. The van der Waals surface area contributed by atoms with Crippen molar-refractivity contribution in [3.63, 3.8) is 0 Å². The second-order valence-electron chi connectivity index (χ2n) is 9.12. The van der Waals surface area contributed by atoms with Gasteiger partial charge in [-0.15, -0.1) is 0 Å². The molecule has 0 aromatic carbocycles. The highest BCUT2D eigenvalue weighted by molar-refractivity contribution is 7.93. The van der Waals surface area contributed by atoms with E-state index in [0.29, 0.717) is 25.0 Å². The van der Waals surface area contributed by atoms with Gasteiger partial charge in [0.1, 0.15) is 18.3 Å². The van der Waals surface area contributed by atoms with Crippen molar-refractivity contribution in [2.24, 2.45) is 0 Å². The standard InChI is InChI=1S/C16H30O14S4/c1-14(2)25-9-10(26-14)16(32(6,19)20,30-34(8,23)24)12-11(27-15(3,4)28-12)13(31(5,17)18)29-33(7,21)22/h10-13H,9H2,1-8H3/t10-,11-,12+,13?,16-/m0/s1. The smallest absolute Gasteiger partial charge is 0.266 e. The topological polar surface area (TPSA) is 192 Å². The van der Waals surface area contributed by atoms with E-state index in [0.717, 1.165) is 0 Å². The predicted octanol–water partition coefficient (Wildman–Crippen LogP) is -1.28. The Hall–Kier alpha value is -0.440. The summed E-state index contributed by atoms with van der Waals surface area (Å²) in [5, 5.41) is 0. The van der Waals surface area contributed by atoms with Gasteiger partial charge >= 0.3 is 0 Å². The Morgan fingerprint density at radius 2 is 1.32 bits per heavy atom. The first-order chi connectivity index (χ1) is 14.8. The van der Waals surface area contributed by atoms with Gasteiger partial charge in [-0.2, -0.15) is 16.8 Å². The second kappa shape index (κ2) is 8.84. The van der Waals surface area contributed by atoms with Gasteiger partial charge in [0.05, 0.1) is 19.1 Å². The van der Waals surface area contributed by atoms with Crippen LogP contribution in [-0.2, 0) is 67.2 Å². The van der Waals surface area contributed by atoms with Crippen LogP contribution in [0.15, 0.2) is 0 Å². The molecule has 0 aromatic heterocycles. The Morgan fingerprint density at radius 3 is 1.68 bits per heavy atom. The highest BCUT2D eigenvalue weighted by Gasteiger charge is 2.69. The third-order valence-corrected chi connectivity index (χ3v) is 9.11. The number of hydrogen-bond acceptors (Lipinski definition) is 14. The largest absolute Gasteiger partial charge is 0.348 e. The Kier molecular flexibility index (Phi) is 7.75. The predicted molar refractivity (Wildman–Crippen MR) is 117 cm³/mol. The number of hydrogen-bond donors (Lipinski definition) is 0. The molecule has 2 aliphatic rings. The van der Waals surface area contributed by atoms with Gasteiger partial charge in [-0.05, 0) is 27.7 Å². The fourth-order valence-electron chi connectivity index (χ4n) is 3.76. The molecule has 202 valence electrons. The minimum absolute atomic E-state index is 0.501. The van der Waals surface area contributed by atoms with Crippen molar-refractivity contribution in [2.75, 3.05) is 31.6 Å². The molecule has 14 nitrogen and oxygen atoms in total. The lowest BCUT2D eigenvalue weighted by atomic mass is 10.0. The van der Waals surface area contributed by atoms with Crippen LogP contribution in [-0.4, -0.2) is 106 Å². The first-order valence-electron chi connectivity index (χ1n) is 9.64. The zero-order valence-corrected chi connectivity index (χ0v) is 23.1. The normalized spacial score (nSPS) is 30.6. The van der Waals surface area contributed by atoms with E-state index in [1.807, 2.05) is 0 Å². The van der Waals surface area contributed by atoms with Crippen molar-refractivity contribution in [1.82, 2.24) is 0 Å². The molecule has 0 amide bonds. The van der Waals surface area contributed by atoms with Crippen LogP contribution in [0.5, 0.6) is 0 Å². The van der Waals surface area contributed by atoms with Crippen LogP contribution in [0.25, 0.3) is 0 Å². The van der Waals surface area contributed by atoms with Crippen molar-refractivity contribution in [1.29, 1.82) is 0 Å². The molecule has 34 heavy (non-hydrogen) atoms. The molecule has 2 rings (SSSR count). The van der Waals surface area contributed by atoms with E-state index >= 15 is 0 Å². The third kappa shape index (κ3) is 6.65. The maximum atomic E-state index is 13.3. The summed E-state index contributed by atoms with van der Waals surface area (Å²) in [6.45, 7) is 4.92. The molecule has 0 aromatic rings. The molecule has 0 aliphatic carbocycles. The lowest BCUT2D eigenvalue weighted by molar-refractivity contribution is -0.183. The van der Waals surface area contributed by atoms with Gasteiger partial charge in [-0.1, -0.05) is 0 Å². The zero-order valence-electron chi connectivity index (χ0n) is 19.9. The van der Waals surface area contributed by atoms with Gasteiger partial charge in [0.2, 0.25) is 10.4 Å². The number of rotatable bonds is 9. The van der Waals surface area contributed by atoms with Gasteiger partial charge in [0.15, 0.2) is 31.2 Å². The van der Waals surface area contributed by atoms with E-state index in [-0.39, 0.29) is 0 Å². The molecule has 2 fully saturated rings. The van der Waals surface area contributed by atoms with Crippen molar-refractivity contribution in [3.8, 4) is 0 Å². The summed E-state index contributed by atoms with van der Waals surface area (Å²) in [7, 11) is -18.2. The quantitative estimate of drug-likeness (QED) is 0.296. The summed E-state index contributed by atoms with van der Waals surface area (Å²) in [5.74, 6) is -3.11. The second-order valence-corrected chi connectivity index (χ2v) is 16.6. The number of ether oxygens (including phenoxy) is 4. The Labute approximate surface area is 200 Å². The summed E-state index contributed by atoms with van der Waals surface area (Å²) < 4.78 is 132. The molecule has 18 heteroatoms. The summed E-state index contributed by atoms with van der Waals surface area (Å²) in [5.41, 5.74) is -2.33. The molecule has 2 aliphatic heterocycles. The fourth-order valence-corrected chi connectivity index (χ4v) is 8.64. The maximum absolute atomic E-state index is 13.3. The zero-order chi connectivity index (χ0) is 26.8. The van der Waals surface area contributed by atoms with E-state index in [1.165, 1.54) is 27.7 Å². The Bertz CT molecular complexity index is 1220. The van der Waals surface area contributed by atoms with Crippen LogP contribution in [0, 0.1) is 0 Å². The van der Waals surface area contributed by atoms with Crippen LogP contribution in [0.1, 0.15) is 27.7 Å². The van der Waals surface area contributed by atoms with Gasteiger partial charge in [0, 0.05) is 12.5 Å². The number of sulfone groups is 2. The molecule has 0 bridgehead atoms. The Morgan fingerprint density at radius 1 is 0.794 bits per heavy atom. The molecule has 0 radical (unpaired) electrons. The average Bonchev–Trinajstić information content (AvgIpc) is 3.05. The monoisotopic (exact) mass is 574 g/mol. The first kappa shape index (κ1) is 29.8. The average molecular weight is 575 g/mol. The molecular weight excluding hydrogens is 544 g/mol.